The van der Waals surface area contributed by atoms with E-state index >= 15 is 0 Å². The van der Waals surface area contributed by atoms with Crippen LogP contribution in [0.1, 0.15) is 0 Å². The van der Waals surface area contributed by atoms with E-state index in [-0.39, 0.29) is 12.5 Å². The number of carbonyl (C=O) groups is 1. The van der Waals surface area contributed by atoms with E-state index in [9.17, 15) is 4.79 Å². The van der Waals surface area contributed by atoms with Gasteiger partial charge in [-0.25, -0.2) is 0 Å². The standard InChI is InChI=1S/C18H20N2O3/c1-3-12-23-17-11-7-4-8-14(17)19-13-18(21)20-15-9-5-6-10-16(15)22-2/h3-11,19H,1,12-13H2,2H3,(H,20,21). The molecule has 2 N–H and O–H groups in total. The van der Waals surface area contributed by atoms with Crippen molar-refractivity contribution in [3.05, 3.63) is 61.2 Å². The largest absolute Gasteiger partial charge is 0.495 e. The smallest absolute Gasteiger partial charge is 0.243 e. The Labute approximate surface area is 135 Å². The predicted octanol–water partition coefficient (Wildman–Crippen LogP) is 3.31. The summed E-state index contributed by atoms with van der Waals surface area (Å²) in [5, 5.41) is 5.88. The molecule has 0 heterocycles. The monoisotopic (exact) mass is 312 g/mol. The number of amides is 1. The van der Waals surface area contributed by atoms with Gasteiger partial charge in [-0.05, 0) is 24.3 Å². The first kappa shape index (κ1) is 16.4. The van der Waals surface area contributed by atoms with Gasteiger partial charge < -0.3 is 20.1 Å². The number of methoxy groups -OCH3 is 1. The molecular formula is C18H20N2O3. The third-order valence-electron chi connectivity index (χ3n) is 3.06. The minimum Gasteiger partial charge on any atom is -0.495 e. The highest BCUT2D eigenvalue weighted by atomic mass is 16.5. The summed E-state index contributed by atoms with van der Waals surface area (Å²) in [5.41, 5.74) is 1.39. The molecule has 120 valence electrons. The SMILES string of the molecule is C=CCOc1ccccc1NCC(=O)Nc1ccccc1OC. The summed E-state index contributed by atoms with van der Waals surface area (Å²) in [4.78, 5) is 12.1. The molecular weight excluding hydrogens is 292 g/mol. The van der Waals surface area contributed by atoms with Crippen molar-refractivity contribution in [1.29, 1.82) is 0 Å². The highest BCUT2D eigenvalue weighted by Gasteiger charge is 2.08. The van der Waals surface area contributed by atoms with Crippen LogP contribution in [0.15, 0.2) is 61.2 Å². The molecule has 23 heavy (non-hydrogen) atoms. The number of hydrogen-bond donors (Lipinski definition) is 2. The van der Waals surface area contributed by atoms with E-state index in [1.165, 1.54) is 0 Å². The number of ether oxygens (including phenoxy) is 2. The molecule has 2 rings (SSSR count). The van der Waals surface area contributed by atoms with Gasteiger partial charge in [-0.15, -0.1) is 0 Å². The number of anilines is 2. The lowest BCUT2D eigenvalue weighted by molar-refractivity contribution is -0.114. The average molecular weight is 312 g/mol. The molecule has 0 aliphatic heterocycles. The first-order valence-corrected chi connectivity index (χ1v) is 7.24. The molecule has 0 saturated carbocycles. The van der Waals surface area contributed by atoms with Crippen LogP contribution >= 0.6 is 0 Å². The minimum absolute atomic E-state index is 0.118. The molecule has 0 radical (unpaired) electrons. The fourth-order valence-electron chi connectivity index (χ4n) is 2.01. The molecule has 0 atom stereocenters. The van der Waals surface area contributed by atoms with Gasteiger partial charge in [0.05, 0.1) is 25.0 Å². The molecule has 0 unspecified atom stereocenters. The first-order chi connectivity index (χ1) is 11.2. The zero-order chi connectivity index (χ0) is 16.5. The lowest BCUT2D eigenvalue weighted by atomic mass is 10.2. The Bertz CT molecular complexity index is 671. The second-order valence-electron chi connectivity index (χ2n) is 4.70. The van der Waals surface area contributed by atoms with Crippen LogP contribution in [0.3, 0.4) is 0 Å². The lowest BCUT2D eigenvalue weighted by Crippen LogP contribution is -2.22. The average Bonchev–Trinajstić information content (AvgIpc) is 2.59. The lowest BCUT2D eigenvalue weighted by Gasteiger charge is -2.13. The van der Waals surface area contributed by atoms with Gasteiger partial charge in [0.2, 0.25) is 5.91 Å². The van der Waals surface area contributed by atoms with Crippen molar-refractivity contribution in [3.8, 4) is 11.5 Å². The number of rotatable bonds is 8. The molecule has 1 amide bonds. The van der Waals surface area contributed by atoms with E-state index in [0.29, 0.717) is 23.8 Å². The Morgan fingerprint density at radius 2 is 1.74 bits per heavy atom. The van der Waals surface area contributed by atoms with Crippen molar-refractivity contribution in [2.75, 3.05) is 30.9 Å². The molecule has 0 bridgehead atoms. The van der Waals surface area contributed by atoms with Crippen LogP contribution in [0.25, 0.3) is 0 Å². The summed E-state index contributed by atoms with van der Waals surface area (Å²) >= 11 is 0. The maximum Gasteiger partial charge on any atom is 0.243 e. The summed E-state index contributed by atoms with van der Waals surface area (Å²) < 4.78 is 10.7. The van der Waals surface area contributed by atoms with E-state index in [1.54, 1.807) is 25.3 Å². The fourth-order valence-corrected chi connectivity index (χ4v) is 2.01. The molecule has 0 saturated heterocycles. The molecule has 0 spiro atoms. The Balaban J connectivity index is 1.95. The summed E-state index contributed by atoms with van der Waals surface area (Å²) in [5.74, 6) is 1.13. The second kappa shape index (κ2) is 8.48. The van der Waals surface area contributed by atoms with E-state index in [1.807, 2.05) is 36.4 Å². The van der Waals surface area contributed by atoms with Crippen LogP contribution in [-0.4, -0.2) is 26.2 Å². The van der Waals surface area contributed by atoms with Gasteiger partial charge in [0, 0.05) is 0 Å². The normalized spacial score (nSPS) is 9.78. The van der Waals surface area contributed by atoms with Crippen LogP contribution in [0.2, 0.25) is 0 Å². The summed E-state index contributed by atoms with van der Waals surface area (Å²) in [6, 6.07) is 14.7. The van der Waals surface area contributed by atoms with E-state index in [0.717, 1.165) is 5.69 Å². The number of nitrogens with one attached hydrogen (secondary N) is 2. The number of para-hydroxylation sites is 4. The Morgan fingerprint density at radius 1 is 1.09 bits per heavy atom. The van der Waals surface area contributed by atoms with E-state index < -0.39 is 0 Å². The molecule has 0 aliphatic carbocycles. The van der Waals surface area contributed by atoms with Crippen molar-refractivity contribution < 1.29 is 14.3 Å². The molecule has 2 aromatic carbocycles. The van der Waals surface area contributed by atoms with Gasteiger partial charge >= 0.3 is 0 Å². The molecule has 5 heteroatoms. The highest BCUT2D eigenvalue weighted by molar-refractivity contribution is 5.95. The fraction of sp³-hybridized carbons (Fsp3) is 0.167. The summed E-state index contributed by atoms with van der Waals surface area (Å²) in [6.07, 6.45) is 1.67. The van der Waals surface area contributed by atoms with Crippen LogP contribution in [0, 0.1) is 0 Å². The zero-order valence-corrected chi connectivity index (χ0v) is 13.0. The zero-order valence-electron chi connectivity index (χ0n) is 13.0. The quantitative estimate of drug-likeness (QED) is 0.734. The Hall–Kier alpha value is -2.95. The Morgan fingerprint density at radius 3 is 2.43 bits per heavy atom. The van der Waals surface area contributed by atoms with Crippen LogP contribution in [0.5, 0.6) is 11.5 Å². The van der Waals surface area contributed by atoms with Gasteiger partial charge in [-0.3, -0.25) is 4.79 Å². The second-order valence-corrected chi connectivity index (χ2v) is 4.70. The molecule has 5 nitrogen and oxygen atoms in total. The summed E-state index contributed by atoms with van der Waals surface area (Å²) in [7, 11) is 1.57. The van der Waals surface area contributed by atoms with Crippen molar-refractivity contribution in [1.82, 2.24) is 0 Å². The van der Waals surface area contributed by atoms with Crippen molar-refractivity contribution >= 4 is 17.3 Å². The topological polar surface area (TPSA) is 59.6 Å². The van der Waals surface area contributed by atoms with Crippen molar-refractivity contribution in [2.45, 2.75) is 0 Å². The van der Waals surface area contributed by atoms with Gasteiger partial charge in [0.1, 0.15) is 18.1 Å². The third kappa shape index (κ3) is 4.78. The maximum absolute atomic E-state index is 12.1. The van der Waals surface area contributed by atoms with E-state index in [4.69, 9.17) is 9.47 Å². The molecule has 0 aliphatic rings. The number of benzene rings is 2. The first-order valence-electron chi connectivity index (χ1n) is 7.24. The summed E-state index contributed by atoms with van der Waals surface area (Å²) in [6.45, 7) is 4.15. The molecule has 2 aromatic rings. The van der Waals surface area contributed by atoms with Crippen LogP contribution in [0.4, 0.5) is 11.4 Å². The van der Waals surface area contributed by atoms with E-state index in [2.05, 4.69) is 17.2 Å². The van der Waals surface area contributed by atoms with Gasteiger partial charge in [-0.2, -0.15) is 0 Å². The predicted molar refractivity (Wildman–Crippen MR) is 92.2 cm³/mol. The maximum atomic E-state index is 12.1. The molecule has 0 fully saturated rings. The number of carbonyl (C=O) groups excluding carboxylic acids is 1. The van der Waals surface area contributed by atoms with Gasteiger partial charge in [0.15, 0.2) is 0 Å². The van der Waals surface area contributed by atoms with Gasteiger partial charge in [0.25, 0.3) is 0 Å². The van der Waals surface area contributed by atoms with Crippen molar-refractivity contribution in [3.63, 3.8) is 0 Å². The van der Waals surface area contributed by atoms with Crippen LogP contribution < -0.4 is 20.1 Å². The van der Waals surface area contributed by atoms with Crippen LogP contribution in [-0.2, 0) is 4.79 Å². The highest BCUT2D eigenvalue weighted by Crippen LogP contribution is 2.24. The molecule has 0 aromatic heterocycles. The van der Waals surface area contributed by atoms with Crippen molar-refractivity contribution in [2.24, 2.45) is 0 Å². The third-order valence-corrected chi connectivity index (χ3v) is 3.06. The minimum atomic E-state index is -0.173. The number of hydrogen-bond acceptors (Lipinski definition) is 4. The van der Waals surface area contributed by atoms with Gasteiger partial charge in [-0.1, -0.05) is 36.9 Å². The Kier molecular flexibility index (Phi) is 6.06.